The molecule has 0 bridgehead atoms. The minimum atomic E-state index is -0.750. The summed E-state index contributed by atoms with van der Waals surface area (Å²) < 4.78 is 0. The number of benzene rings is 1. The Bertz CT molecular complexity index is 345. The van der Waals surface area contributed by atoms with Gasteiger partial charge >= 0.3 is 5.97 Å². The molecule has 2 unspecified atom stereocenters. The molecular weight excluding hydrogens is 202 g/mol. The van der Waals surface area contributed by atoms with Gasteiger partial charge in [0, 0.05) is 12.5 Å². The van der Waals surface area contributed by atoms with Crippen LogP contribution in [0.15, 0.2) is 24.3 Å². The van der Waals surface area contributed by atoms with Crippen molar-refractivity contribution in [3.05, 3.63) is 35.4 Å². The molecule has 3 heteroatoms. The average Bonchev–Trinajstić information content (AvgIpc) is 2.21. The first-order valence-electron chi connectivity index (χ1n) is 5.50. The summed E-state index contributed by atoms with van der Waals surface area (Å²) in [5.74, 6) is -0.676. The fourth-order valence-electron chi connectivity index (χ4n) is 1.95. The minimum Gasteiger partial charge on any atom is -0.481 e. The summed E-state index contributed by atoms with van der Waals surface area (Å²) >= 11 is 0. The van der Waals surface area contributed by atoms with Crippen LogP contribution in [-0.4, -0.2) is 18.1 Å². The summed E-state index contributed by atoms with van der Waals surface area (Å²) in [5.41, 5.74) is 2.35. The van der Waals surface area contributed by atoms with Crippen molar-refractivity contribution in [2.24, 2.45) is 5.92 Å². The van der Waals surface area contributed by atoms with E-state index in [1.54, 1.807) is 0 Å². The molecule has 3 nitrogen and oxygen atoms in total. The number of nitrogens with one attached hydrogen (secondary N) is 1. The van der Waals surface area contributed by atoms with Crippen LogP contribution in [0, 0.1) is 12.8 Å². The van der Waals surface area contributed by atoms with Gasteiger partial charge in [-0.05, 0) is 25.5 Å². The first kappa shape index (κ1) is 12.7. The van der Waals surface area contributed by atoms with Crippen molar-refractivity contribution in [3.8, 4) is 0 Å². The lowest BCUT2D eigenvalue weighted by Crippen LogP contribution is -2.25. The molecule has 1 rings (SSSR count). The molecule has 0 spiro atoms. The van der Waals surface area contributed by atoms with Crippen molar-refractivity contribution in [2.75, 3.05) is 7.05 Å². The number of aryl methyl sites for hydroxylation is 1. The van der Waals surface area contributed by atoms with E-state index in [0.29, 0.717) is 0 Å². The van der Waals surface area contributed by atoms with Gasteiger partial charge in [0.1, 0.15) is 0 Å². The summed E-state index contributed by atoms with van der Waals surface area (Å²) in [7, 11) is 1.86. The van der Waals surface area contributed by atoms with Crippen LogP contribution >= 0.6 is 0 Å². The summed E-state index contributed by atoms with van der Waals surface area (Å²) in [6.45, 7) is 3.99. The Labute approximate surface area is 96.5 Å². The van der Waals surface area contributed by atoms with Crippen LogP contribution in [0.2, 0.25) is 0 Å². The van der Waals surface area contributed by atoms with Gasteiger partial charge in [-0.25, -0.2) is 0 Å². The molecule has 0 aromatic heterocycles. The average molecular weight is 221 g/mol. The Morgan fingerprint density at radius 3 is 2.38 bits per heavy atom. The Morgan fingerprint density at radius 1 is 1.38 bits per heavy atom. The number of hydrogen-bond acceptors (Lipinski definition) is 2. The molecule has 2 N–H and O–H groups in total. The third kappa shape index (κ3) is 3.35. The fraction of sp³-hybridized carbons (Fsp3) is 0.462. The van der Waals surface area contributed by atoms with E-state index in [0.717, 1.165) is 5.56 Å². The SMILES string of the molecule is CNC(c1ccc(C)cc1)C(C)CC(=O)O. The minimum absolute atomic E-state index is 0.0743. The highest BCUT2D eigenvalue weighted by atomic mass is 16.4. The van der Waals surface area contributed by atoms with Crippen molar-refractivity contribution in [1.29, 1.82) is 0 Å². The van der Waals surface area contributed by atoms with E-state index < -0.39 is 5.97 Å². The summed E-state index contributed by atoms with van der Waals surface area (Å²) in [6.07, 6.45) is 0.180. The number of rotatable bonds is 5. The molecule has 0 aliphatic carbocycles. The molecule has 88 valence electrons. The first-order valence-corrected chi connectivity index (χ1v) is 5.50. The van der Waals surface area contributed by atoms with E-state index in [-0.39, 0.29) is 18.4 Å². The van der Waals surface area contributed by atoms with Crippen LogP contribution in [-0.2, 0) is 4.79 Å². The topological polar surface area (TPSA) is 49.3 Å². The molecule has 0 amide bonds. The quantitative estimate of drug-likeness (QED) is 0.802. The number of aliphatic carboxylic acids is 1. The summed E-state index contributed by atoms with van der Waals surface area (Å²) in [4.78, 5) is 10.7. The molecule has 1 aromatic carbocycles. The van der Waals surface area contributed by atoms with E-state index in [9.17, 15) is 4.79 Å². The highest BCUT2D eigenvalue weighted by Gasteiger charge is 2.19. The summed E-state index contributed by atoms with van der Waals surface area (Å²) in [6, 6.07) is 8.29. The van der Waals surface area contributed by atoms with Gasteiger partial charge in [-0.2, -0.15) is 0 Å². The smallest absolute Gasteiger partial charge is 0.303 e. The van der Waals surface area contributed by atoms with Crippen LogP contribution in [0.1, 0.15) is 30.5 Å². The van der Waals surface area contributed by atoms with Crippen molar-refractivity contribution >= 4 is 5.97 Å². The number of carboxylic acids is 1. The monoisotopic (exact) mass is 221 g/mol. The van der Waals surface area contributed by atoms with Crippen molar-refractivity contribution in [2.45, 2.75) is 26.3 Å². The first-order chi connectivity index (χ1) is 7.54. The van der Waals surface area contributed by atoms with E-state index in [2.05, 4.69) is 17.4 Å². The number of hydrogen-bond donors (Lipinski definition) is 2. The lowest BCUT2D eigenvalue weighted by atomic mass is 9.91. The highest BCUT2D eigenvalue weighted by molar-refractivity contribution is 5.67. The Morgan fingerprint density at radius 2 is 1.94 bits per heavy atom. The molecule has 0 aliphatic rings. The zero-order valence-electron chi connectivity index (χ0n) is 10.0. The zero-order chi connectivity index (χ0) is 12.1. The number of carbonyl (C=O) groups is 1. The van der Waals surface area contributed by atoms with E-state index in [4.69, 9.17) is 5.11 Å². The van der Waals surface area contributed by atoms with Gasteiger partial charge in [0.25, 0.3) is 0 Å². The maximum Gasteiger partial charge on any atom is 0.303 e. The van der Waals surface area contributed by atoms with Crippen LogP contribution in [0.3, 0.4) is 0 Å². The van der Waals surface area contributed by atoms with Gasteiger partial charge in [-0.1, -0.05) is 36.8 Å². The van der Waals surface area contributed by atoms with Crippen molar-refractivity contribution < 1.29 is 9.90 Å². The Balaban J connectivity index is 2.81. The third-order valence-corrected chi connectivity index (χ3v) is 2.81. The molecule has 0 fully saturated rings. The van der Waals surface area contributed by atoms with E-state index >= 15 is 0 Å². The maximum absolute atomic E-state index is 10.7. The second kappa shape index (κ2) is 5.66. The van der Waals surface area contributed by atoms with Crippen LogP contribution in [0.4, 0.5) is 0 Å². The zero-order valence-corrected chi connectivity index (χ0v) is 10.0. The predicted molar refractivity (Wildman–Crippen MR) is 64.4 cm³/mol. The van der Waals surface area contributed by atoms with E-state index in [1.165, 1.54) is 5.56 Å². The van der Waals surface area contributed by atoms with Crippen LogP contribution in [0.5, 0.6) is 0 Å². The van der Waals surface area contributed by atoms with Crippen molar-refractivity contribution in [3.63, 3.8) is 0 Å². The van der Waals surface area contributed by atoms with Gasteiger partial charge in [-0.3, -0.25) is 4.79 Å². The van der Waals surface area contributed by atoms with Gasteiger partial charge in [0.15, 0.2) is 0 Å². The van der Waals surface area contributed by atoms with Gasteiger partial charge in [0.2, 0.25) is 0 Å². The Kier molecular flexibility index (Phi) is 4.50. The Hall–Kier alpha value is -1.35. The molecule has 0 heterocycles. The van der Waals surface area contributed by atoms with Gasteiger partial charge < -0.3 is 10.4 Å². The largest absolute Gasteiger partial charge is 0.481 e. The molecular formula is C13H19NO2. The predicted octanol–water partition coefficient (Wildman–Crippen LogP) is 2.37. The second-order valence-electron chi connectivity index (χ2n) is 4.25. The number of carboxylic acid groups (broad SMARTS) is 1. The van der Waals surface area contributed by atoms with Crippen molar-refractivity contribution in [1.82, 2.24) is 5.32 Å². The molecule has 2 atom stereocenters. The molecule has 0 radical (unpaired) electrons. The fourth-order valence-corrected chi connectivity index (χ4v) is 1.95. The normalized spacial score (nSPS) is 14.4. The molecule has 0 saturated heterocycles. The van der Waals surface area contributed by atoms with Crippen LogP contribution < -0.4 is 5.32 Å². The molecule has 1 aromatic rings. The van der Waals surface area contributed by atoms with Gasteiger partial charge in [-0.15, -0.1) is 0 Å². The summed E-state index contributed by atoms with van der Waals surface area (Å²) in [5, 5.41) is 12.0. The molecule has 0 saturated carbocycles. The highest BCUT2D eigenvalue weighted by Crippen LogP contribution is 2.24. The van der Waals surface area contributed by atoms with E-state index in [1.807, 2.05) is 33.0 Å². The maximum atomic E-state index is 10.7. The molecule has 0 aliphatic heterocycles. The third-order valence-electron chi connectivity index (χ3n) is 2.81. The van der Waals surface area contributed by atoms with Crippen LogP contribution in [0.25, 0.3) is 0 Å². The van der Waals surface area contributed by atoms with Gasteiger partial charge in [0.05, 0.1) is 0 Å². The standard InChI is InChI=1S/C13H19NO2/c1-9-4-6-11(7-5-9)13(14-3)10(2)8-12(15)16/h4-7,10,13-14H,8H2,1-3H3,(H,15,16). The second-order valence-corrected chi connectivity index (χ2v) is 4.25. The molecule has 16 heavy (non-hydrogen) atoms. The lowest BCUT2D eigenvalue weighted by molar-refractivity contribution is -0.138. The lowest BCUT2D eigenvalue weighted by Gasteiger charge is -2.22.